The van der Waals surface area contributed by atoms with Crippen molar-refractivity contribution in [3.05, 3.63) is 59.0 Å². The van der Waals surface area contributed by atoms with Crippen molar-refractivity contribution in [1.82, 2.24) is 4.98 Å². The monoisotopic (exact) mass is 366 g/mol. The highest BCUT2D eigenvalue weighted by atomic mass is 19.1. The van der Waals surface area contributed by atoms with Crippen molar-refractivity contribution in [2.24, 2.45) is 0 Å². The summed E-state index contributed by atoms with van der Waals surface area (Å²) in [5, 5.41) is 19.9. The predicted molar refractivity (Wildman–Crippen MR) is 97.4 cm³/mol. The number of aromatic hydroxyl groups is 1. The molecule has 1 aromatic heterocycles. The first kappa shape index (κ1) is 18.0. The van der Waals surface area contributed by atoms with Gasteiger partial charge in [0.05, 0.1) is 14.2 Å². The van der Waals surface area contributed by atoms with Crippen molar-refractivity contribution >= 4 is 22.8 Å². The zero-order valence-electron chi connectivity index (χ0n) is 14.5. The van der Waals surface area contributed by atoms with E-state index in [1.165, 1.54) is 56.8 Å². The molecule has 2 N–H and O–H groups in total. The van der Waals surface area contributed by atoms with Crippen LogP contribution >= 0.6 is 0 Å². The Kier molecular flexibility index (Phi) is 4.81. The summed E-state index contributed by atoms with van der Waals surface area (Å²) in [5.74, 6) is -0.828. The number of nitrogens with zero attached hydrogens (tertiary/aromatic N) is 1. The summed E-state index contributed by atoms with van der Waals surface area (Å²) in [5.41, 5.74) is 1.03. The maximum atomic E-state index is 13.3. The molecule has 0 saturated heterocycles. The van der Waals surface area contributed by atoms with Gasteiger partial charge in [-0.15, -0.1) is 0 Å². The highest BCUT2D eigenvalue weighted by Crippen LogP contribution is 2.37. The normalized spacial score (nSPS) is 11.3. The Hall–Kier alpha value is -3.79. The van der Waals surface area contributed by atoms with Gasteiger partial charge in [-0.1, -0.05) is 0 Å². The van der Waals surface area contributed by atoms with Gasteiger partial charge in [0.25, 0.3) is 0 Å². The number of carbonyl (C=O) groups excluding carboxylic acids is 1. The fraction of sp³-hybridized carbons (Fsp3) is 0.100. The summed E-state index contributed by atoms with van der Waals surface area (Å²) < 4.78 is 23.5. The molecule has 0 aliphatic carbocycles. The zero-order chi connectivity index (χ0) is 19.6. The van der Waals surface area contributed by atoms with E-state index in [9.17, 15) is 19.6 Å². The first-order chi connectivity index (χ1) is 13.0. The fourth-order valence-corrected chi connectivity index (χ4v) is 2.74. The number of halogens is 1. The van der Waals surface area contributed by atoms with Crippen LogP contribution in [0.3, 0.4) is 0 Å². The summed E-state index contributed by atoms with van der Waals surface area (Å²) in [6, 6.07) is 8.85. The van der Waals surface area contributed by atoms with Crippen molar-refractivity contribution in [3.8, 4) is 23.3 Å². The third-order valence-corrected chi connectivity index (χ3v) is 4.07. The van der Waals surface area contributed by atoms with Crippen molar-refractivity contribution in [2.45, 2.75) is 0 Å². The van der Waals surface area contributed by atoms with Crippen molar-refractivity contribution in [1.29, 1.82) is 5.26 Å². The van der Waals surface area contributed by atoms with Crippen molar-refractivity contribution in [2.75, 3.05) is 14.2 Å². The number of phenolic OH excluding ortho intramolecular Hbond substituents is 1. The fourth-order valence-electron chi connectivity index (χ4n) is 2.74. The molecule has 7 heteroatoms. The van der Waals surface area contributed by atoms with Gasteiger partial charge < -0.3 is 19.6 Å². The second-order valence-electron chi connectivity index (χ2n) is 5.67. The van der Waals surface area contributed by atoms with E-state index in [0.717, 1.165) is 0 Å². The number of nitrogens with one attached hydrogen (secondary N) is 1. The third kappa shape index (κ3) is 3.33. The highest BCUT2D eigenvalue weighted by molar-refractivity contribution is 6.19. The Morgan fingerprint density at radius 3 is 2.48 bits per heavy atom. The number of Topliss-reactive ketones (excluding diaryl/α,β-unsaturated/α-hetero) is 1. The van der Waals surface area contributed by atoms with Crippen LogP contribution < -0.4 is 9.47 Å². The lowest BCUT2D eigenvalue weighted by Crippen LogP contribution is -2.01. The van der Waals surface area contributed by atoms with Crippen LogP contribution in [0.25, 0.3) is 17.0 Å². The summed E-state index contributed by atoms with van der Waals surface area (Å²) >= 11 is 0. The first-order valence-corrected chi connectivity index (χ1v) is 7.86. The molecule has 3 rings (SSSR count). The van der Waals surface area contributed by atoms with E-state index < -0.39 is 11.6 Å². The standard InChI is InChI=1S/C20H15FN2O4/c1-26-17-6-11(7-18(27-2)20(17)25)5-12(9-22)19(24)15-10-23-16-8-13(21)3-4-14(15)16/h3-8,10,23,25H,1-2H3/b12-5+. The molecule has 2 aromatic carbocycles. The minimum absolute atomic E-state index is 0.130. The number of benzene rings is 2. The Balaban J connectivity index is 2.06. The molecule has 0 fully saturated rings. The van der Waals surface area contributed by atoms with Gasteiger partial charge in [-0.25, -0.2) is 4.39 Å². The van der Waals surface area contributed by atoms with Crippen LogP contribution in [0, 0.1) is 17.1 Å². The summed E-state index contributed by atoms with van der Waals surface area (Å²) in [6.07, 6.45) is 2.81. The molecule has 3 aromatic rings. The number of hydrogen-bond acceptors (Lipinski definition) is 5. The molecule has 136 valence electrons. The Morgan fingerprint density at radius 2 is 1.89 bits per heavy atom. The number of fused-ring (bicyclic) bond motifs is 1. The average Bonchev–Trinajstić information content (AvgIpc) is 3.09. The lowest BCUT2D eigenvalue weighted by Gasteiger charge is -2.09. The molecule has 0 radical (unpaired) electrons. The van der Waals surface area contributed by atoms with E-state index in [0.29, 0.717) is 16.5 Å². The molecule has 0 unspecified atom stereocenters. The number of H-pyrrole nitrogens is 1. The number of ketones is 1. The van der Waals surface area contributed by atoms with Gasteiger partial charge >= 0.3 is 0 Å². The van der Waals surface area contributed by atoms with E-state index in [-0.39, 0.29) is 28.4 Å². The van der Waals surface area contributed by atoms with Gasteiger partial charge in [-0.05, 0) is 42.0 Å². The van der Waals surface area contributed by atoms with Crippen molar-refractivity contribution in [3.63, 3.8) is 0 Å². The van der Waals surface area contributed by atoms with E-state index in [4.69, 9.17) is 9.47 Å². The van der Waals surface area contributed by atoms with E-state index in [1.54, 1.807) is 0 Å². The largest absolute Gasteiger partial charge is 0.502 e. The lowest BCUT2D eigenvalue weighted by molar-refractivity contribution is 0.104. The quantitative estimate of drug-likeness (QED) is 0.407. The summed E-state index contributed by atoms with van der Waals surface area (Å²) in [7, 11) is 2.76. The molecule has 1 heterocycles. The number of nitriles is 1. The van der Waals surface area contributed by atoms with E-state index in [1.807, 2.05) is 6.07 Å². The number of ether oxygens (including phenoxy) is 2. The summed E-state index contributed by atoms with van der Waals surface area (Å²) in [4.78, 5) is 15.6. The van der Waals surface area contributed by atoms with Gasteiger partial charge in [0, 0.05) is 22.7 Å². The number of phenols is 1. The number of aromatic nitrogens is 1. The topological polar surface area (TPSA) is 95.3 Å². The smallest absolute Gasteiger partial charge is 0.205 e. The molecule has 0 spiro atoms. The first-order valence-electron chi connectivity index (χ1n) is 7.86. The SMILES string of the molecule is COc1cc(/C=C(\C#N)C(=O)c2c[nH]c3cc(F)ccc23)cc(OC)c1O. The Labute approximate surface area is 154 Å². The second-order valence-corrected chi connectivity index (χ2v) is 5.67. The summed E-state index contributed by atoms with van der Waals surface area (Å²) in [6.45, 7) is 0. The van der Waals surface area contributed by atoms with Crippen LogP contribution in [-0.2, 0) is 0 Å². The second kappa shape index (κ2) is 7.22. The molecule has 0 aliphatic heterocycles. The van der Waals surface area contributed by atoms with Crippen LogP contribution in [0.1, 0.15) is 15.9 Å². The minimum atomic E-state index is -0.513. The van der Waals surface area contributed by atoms with Crippen LogP contribution in [0.4, 0.5) is 4.39 Å². The van der Waals surface area contributed by atoms with Gasteiger partial charge in [-0.3, -0.25) is 4.79 Å². The van der Waals surface area contributed by atoms with E-state index >= 15 is 0 Å². The average molecular weight is 366 g/mol. The molecule has 27 heavy (non-hydrogen) atoms. The predicted octanol–water partition coefficient (Wildman–Crippen LogP) is 3.82. The van der Waals surface area contributed by atoms with Crippen LogP contribution in [0.15, 0.2) is 42.1 Å². The molecule has 0 aliphatic rings. The number of allylic oxidation sites excluding steroid dienone is 1. The number of aromatic amines is 1. The van der Waals surface area contributed by atoms with Crippen LogP contribution in [0.5, 0.6) is 17.2 Å². The van der Waals surface area contributed by atoms with E-state index in [2.05, 4.69) is 4.98 Å². The number of hydrogen-bond donors (Lipinski definition) is 2. The van der Waals surface area contributed by atoms with Gasteiger partial charge in [0.1, 0.15) is 17.5 Å². The maximum absolute atomic E-state index is 13.3. The number of carbonyl (C=O) groups is 1. The van der Waals surface area contributed by atoms with Crippen LogP contribution in [0.2, 0.25) is 0 Å². The van der Waals surface area contributed by atoms with Crippen LogP contribution in [-0.4, -0.2) is 30.1 Å². The third-order valence-electron chi connectivity index (χ3n) is 4.07. The van der Waals surface area contributed by atoms with Gasteiger partial charge in [0.15, 0.2) is 11.5 Å². The zero-order valence-corrected chi connectivity index (χ0v) is 14.5. The Morgan fingerprint density at radius 1 is 1.22 bits per heavy atom. The Bertz CT molecular complexity index is 1080. The maximum Gasteiger partial charge on any atom is 0.205 e. The van der Waals surface area contributed by atoms with Gasteiger partial charge in [0.2, 0.25) is 11.5 Å². The molecular formula is C20H15FN2O4. The van der Waals surface area contributed by atoms with Crippen molar-refractivity contribution < 1.29 is 23.8 Å². The molecule has 0 amide bonds. The highest BCUT2D eigenvalue weighted by Gasteiger charge is 2.18. The molecule has 6 nitrogen and oxygen atoms in total. The molecule has 0 atom stereocenters. The molecular weight excluding hydrogens is 351 g/mol. The number of rotatable bonds is 5. The minimum Gasteiger partial charge on any atom is -0.502 e. The molecule has 0 saturated carbocycles. The molecule has 0 bridgehead atoms. The number of methoxy groups -OCH3 is 2. The lowest BCUT2D eigenvalue weighted by atomic mass is 10.0. The van der Waals surface area contributed by atoms with Gasteiger partial charge in [-0.2, -0.15) is 5.26 Å².